The maximum Gasteiger partial charge on any atom is 0.320 e. The molecule has 0 aromatic heterocycles. The number of hydrogen-bond donors (Lipinski definition) is 2. The van der Waals surface area contributed by atoms with E-state index in [1.54, 1.807) is 9.80 Å². The Balaban J connectivity index is 2.06. The Bertz CT molecular complexity index is 403. The first-order chi connectivity index (χ1) is 9.95. The van der Waals surface area contributed by atoms with Crippen molar-refractivity contribution in [2.45, 2.75) is 32.4 Å². The van der Waals surface area contributed by atoms with Crippen molar-refractivity contribution in [1.29, 1.82) is 0 Å². The van der Waals surface area contributed by atoms with Crippen LogP contribution in [0.3, 0.4) is 0 Å². The number of likely N-dealkylation sites (N-methyl/N-ethyl adjacent to an activating group) is 1. The zero-order valence-electron chi connectivity index (χ0n) is 12.6. The Morgan fingerprint density at radius 3 is 2.67 bits per heavy atom. The lowest BCUT2D eigenvalue weighted by Crippen LogP contribution is -2.55. The van der Waals surface area contributed by atoms with Gasteiger partial charge in [-0.1, -0.05) is 6.92 Å². The van der Waals surface area contributed by atoms with E-state index in [0.717, 1.165) is 0 Å². The fourth-order valence-corrected chi connectivity index (χ4v) is 3.09. The minimum Gasteiger partial charge on any atom is -0.481 e. The summed E-state index contributed by atoms with van der Waals surface area (Å²) in [5.41, 5.74) is 0. The summed E-state index contributed by atoms with van der Waals surface area (Å²) in [6, 6.07) is -0.569. The van der Waals surface area contributed by atoms with Gasteiger partial charge < -0.3 is 24.7 Å². The molecule has 0 aromatic carbocycles. The van der Waals surface area contributed by atoms with E-state index in [2.05, 4.69) is 0 Å². The number of likely N-dealkylation sites (tertiary alicyclic amines) is 1. The molecule has 0 aromatic rings. The van der Waals surface area contributed by atoms with Crippen LogP contribution < -0.4 is 0 Å². The molecule has 0 bridgehead atoms. The second kappa shape index (κ2) is 6.62. The number of aliphatic hydroxyl groups excluding tert-OH is 1. The Labute approximate surface area is 124 Å². The number of hydrogen-bond acceptors (Lipinski definition) is 4. The third-order valence-electron chi connectivity index (χ3n) is 4.48. The normalized spacial score (nSPS) is 33.0. The van der Waals surface area contributed by atoms with Crippen molar-refractivity contribution in [3.05, 3.63) is 0 Å². The van der Waals surface area contributed by atoms with Crippen molar-refractivity contribution in [2.75, 3.05) is 32.8 Å². The second-order valence-corrected chi connectivity index (χ2v) is 5.90. The standard InChI is InChI=1S/C14H24N2O5/c1-3-16(11-8-21-7-10(11)13(18)19)14(20)15-5-4-12(17)9(2)6-15/h9-12,17H,3-8H2,1-2H3,(H,18,19). The van der Waals surface area contributed by atoms with Crippen LogP contribution in [0.1, 0.15) is 20.3 Å². The number of carboxylic acids is 1. The van der Waals surface area contributed by atoms with Crippen molar-refractivity contribution in [2.24, 2.45) is 11.8 Å². The quantitative estimate of drug-likeness (QED) is 0.779. The smallest absolute Gasteiger partial charge is 0.320 e. The maximum absolute atomic E-state index is 12.7. The molecule has 2 amide bonds. The molecular formula is C14H24N2O5. The molecule has 120 valence electrons. The van der Waals surface area contributed by atoms with E-state index in [4.69, 9.17) is 4.74 Å². The number of carbonyl (C=O) groups is 2. The van der Waals surface area contributed by atoms with Crippen LogP contribution in [0.15, 0.2) is 0 Å². The highest BCUT2D eigenvalue weighted by Gasteiger charge is 2.41. The zero-order valence-corrected chi connectivity index (χ0v) is 12.6. The number of amides is 2. The predicted octanol–water partition coefficient (Wildman–Crippen LogP) is 0.231. The van der Waals surface area contributed by atoms with Gasteiger partial charge in [0.05, 0.1) is 25.4 Å². The number of piperidine rings is 1. The molecule has 2 fully saturated rings. The summed E-state index contributed by atoms with van der Waals surface area (Å²) < 4.78 is 5.26. The van der Waals surface area contributed by atoms with Gasteiger partial charge in [0, 0.05) is 19.6 Å². The van der Waals surface area contributed by atoms with E-state index in [-0.39, 0.29) is 31.3 Å². The number of carbonyl (C=O) groups excluding carboxylic acids is 1. The van der Waals surface area contributed by atoms with Crippen LogP contribution >= 0.6 is 0 Å². The first kappa shape index (κ1) is 16.0. The van der Waals surface area contributed by atoms with E-state index in [1.165, 1.54) is 0 Å². The maximum atomic E-state index is 12.7. The van der Waals surface area contributed by atoms with Gasteiger partial charge in [0.15, 0.2) is 0 Å². The molecule has 0 radical (unpaired) electrons. The molecule has 2 heterocycles. The SMILES string of the molecule is CCN(C(=O)N1CCC(O)C(C)C1)C1COCC1C(=O)O. The average Bonchev–Trinajstić information content (AvgIpc) is 2.92. The van der Waals surface area contributed by atoms with Crippen LogP contribution in [0.4, 0.5) is 4.79 Å². The number of aliphatic carboxylic acids is 1. The molecule has 7 nitrogen and oxygen atoms in total. The van der Waals surface area contributed by atoms with Crippen LogP contribution in [0.25, 0.3) is 0 Å². The molecule has 4 unspecified atom stereocenters. The average molecular weight is 300 g/mol. The van der Waals surface area contributed by atoms with Gasteiger partial charge in [0.1, 0.15) is 5.92 Å². The Morgan fingerprint density at radius 2 is 2.10 bits per heavy atom. The minimum atomic E-state index is -0.925. The summed E-state index contributed by atoms with van der Waals surface area (Å²) in [6.45, 7) is 5.63. The van der Waals surface area contributed by atoms with Crippen LogP contribution in [0, 0.1) is 11.8 Å². The lowest BCUT2D eigenvalue weighted by Gasteiger charge is -2.39. The van der Waals surface area contributed by atoms with Crippen molar-refractivity contribution in [3.8, 4) is 0 Å². The summed E-state index contributed by atoms with van der Waals surface area (Å²) >= 11 is 0. The first-order valence-electron chi connectivity index (χ1n) is 7.49. The molecule has 21 heavy (non-hydrogen) atoms. The molecule has 0 saturated carbocycles. The third-order valence-corrected chi connectivity index (χ3v) is 4.48. The predicted molar refractivity (Wildman–Crippen MR) is 74.9 cm³/mol. The Kier molecular flexibility index (Phi) is 5.05. The van der Waals surface area contributed by atoms with Gasteiger partial charge in [-0.25, -0.2) is 4.79 Å². The van der Waals surface area contributed by atoms with Crippen LogP contribution in [-0.4, -0.2) is 77.0 Å². The topological polar surface area (TPSA) is 90.3 Å². The van der Waals surface area contributed by atoms with Crippen LogP contribution in [0.5, 0.6) is 0 Å². The largest absolute Gasteiger partial charge is 0.481 e. The molecule has 0 spiro atoms. The van der Waals surface area contributed by atoms with Gasteiger partial charge >= 0.3 is 12.0 Å². The second-order valence-electron chi connectivity index (χ2n) is 5.90. The fourth-order valence-electron chi connectivity index (χ4n) is 3.09. The van der Waals surface area contributed by atoms with E-state index < -0.39 is 17.9 Å². The molecule has 7 heteroatoms. The van der Waals surface area contributed by atoms with Crippen LogP contribution in [0.2, 0.25) is 0 Å². The van der Waals surface area contributed by atoms with E-state index in [1.807, 2.05) is 13.8 Å². The summed E-state index contributed by atoms with van der Waals surface area (Å²) in [7, 11) is 0. The lowest BCUT2D eigenvalue weighted by molar-refractivity contribution is -0.142. The summed E-state index contributed by atoms with van der Waals surface area (Å²) in [5.74, 6) is -1.55. The van der Waals surface area contributed by atoms with Gasteiger partial charge in [-0.15, -0.1) is 0 Å². The van der Waals surface area contributed by atoms with E-state index in [9.17, 15) is 19.8 Å². The lowest BCUT2D eigenvalue weighted by atomic mass is 9.97. The van der Waals surface area contributed by atoms with Crippen molar-refractivity contribution in [1.82, 2.24) is 9.80 Å². The zero-order chi connectivity index (χ0) is 15.6. The van der Waals surface area contributed by atoms with Gasteiger partial charge in [-0.3, -0.25) is 4.79 Å². The number of urea groups is 1. The summed E-state index contributed by atoms with van der Waals surface area (Å²) in [5, 5.41) is 19.0. The molecule has 2 rings (SSSR count). The molecule has 2 N–H and O–H groups in total. The summed E-state index contributed by atoms with van der Waals surface area (Å²) in [6.07, 6.45) is 0.194. The van der Waals surface area contributed by atoms with Gasteiger partial charge in [0.2, 0.25) is 0 Å². The highest BCUT2D eigenvalue weighted by molar-refractivity contribution is 5.77. The van der Waals surface area contributed by atoms with Gasteiger partial charge in [0.25, 0.3) is 0 Å². The minimum absolute atomic E-state index is 0.0384. The highest BCUT2D eigenvalue weighted by atomic mass is 16.5. The Morgan fingerprint density at radius 1 is 1.38 bits per heavy atom. The fraction of sp³-hybridized carbons (Fsp3) is 0.857. The van der Waals surface area contributed by atoms with E-state index >= 15 is 0 Å². The summed E-state index contributed by atoms with van der Waals surface area (Å²) in [4.78, 5) is 27.2. The Hall–Kier alpha value is -1.34. The van der Waals surface area contributed by atoms with E-state index in [0.29, 0.717) is 26.1 Å². The van der Waals surface area contributed by atoms with Crippen LogP contribution in [-0.2, 0) is 9.53 Å². The highest BCUT2D eigenvalue weighted by Crippen LogP contribution is 2.23. The number of rotatable bonds is 3. The molecule has 2 aliphatic rings. The van der Waals surface area contributed by atoms with Crippen molar-refractivity contribution in [3.63, 3.8) is 0 Å². The van der Waals surface area contributed by atoms with Gasteiger partial charge in [-0.05, 0) is 19.3 Å². The molecule has 2 aliphatic heterocycles. The first-order valence-corrected chi connectivity index (χ1v) is 7.49. The van der Waals surface area contributed by atoms with Crippen molar-refractivity contribution >= 4 is 12.0 Å². The van der Waals surface area contributed by atoms with Crippen molar-refractivity contribution < 1.29 is 24.5 Å². The molecule has 2 saturated heterocycles. The molecular weight excluding hydrogens is 276 g/mol. The molecule has 4 atom stereocenters. The van der Waals surface area contributed by atoms with Gasteiger partial charge in [-0.2, -0.15) is 0 Å². The number of aliphatic hydroxyl groups is 1. The number of carboxylic acid groups (broad SMARTS) is 1. The number of nitrogens with zero attached hydrogens (tertiary/aromatic N) is 2. The number of ether oxygens (including phenoxy) is 1. The monoisotopic (exact) mass is 300 g/mol. The molecule has 0 aliphatic carbocycles. The third kappa shape index (κ3) is 3.29.